The molecular formula is C20H23F3N4O2. The molecule has 0 unspecified atom stereocenters. The van der Waals surface area contributed by atoms with Crippen molar-refractivity contribution >= 4 is 11.7 Å². The summed E-state index contributed by atoms with van der Waals surface area (Å²) in [5, 5.41) is 2.99. The van der Waals surface area contributed by atoms with Crippen molar-refractivity contribution in [1.29, 1.82) is 0 Å². The van der Waals surface area contributed by atoms with Gasteiger partial charge in [-0.15, -0.1) is 0 Å². The number of para-hydroxylation sites is 1. The number of amides is 1. The van der Waals surface area contributed by atoms with Crippen LogP contribution in [0.25, 0.3) is 0 Å². The van der Waals surface area contributed by atoms with Crippen LogP contribution >= 0.6 is 0 Å². The topological polar surface area (TPSA) is 67.3 Å². The van der Waals surface area contributed by atoms with Gasteiger partial charge >= 0.3 is 6.18 Å². The van der Waals surface area contributed by atoms with Crippen molar-refractivity contribution in [3.8, 4) is 5.75 Å². The van der Waals surface area contributed by atoms with E-state index in [1.54, 1.807) is 29.2 Å². The lowest BCUT2D eigenvalue weighted by Crippen LogP contribution is -2.45. The van der Waals surface area contributed by atoms with Crippen LogP contribution in [0.15, 0.2) is 30.3 Å². The van der Waals surface area contributed by atoms with Gasteiger partial charge in [0.25, 0.3) is 5.91 Å². The quantitative estimate of drug-likeness (QED) is 0.819. The van der Waals surface area contributed by atoms with Gasteiger partial charge in [-0.25, -0.2) is 9.97 Å². The molecule has 156 valence electrons. The maximum absolute atomic E-state index is 13.0. The van der Waals surface area contributed by atoms with Gasteiger partial charge in [-0.05, 0) is 38.8 Å². The molecule has 1 aromatic heterocycles. The molecule has 2 heterocycles. The van der Waals surface area contributed by atoms with Gasteiger partial charge in [-0.3, -0.25) is 4.79 Å². The van der Waals surface area contributed by atoms with E-state index in [0.717, 1.165) is 6.07 Å². The van der Waals surface area contributed by atoms with Gasteiger partial charge in [0.15, 0.2) is 0 Å². The van der Waals surface area contributed by atoms with Gasteiger partial charge < -0.3 is 15.0 Å². The van der Waals surface area contributed by atoms with Crippen molar-refractivity contribution < 1.29 is 22.7 Å². The summed E-state index contributed by atoms with van der Waals surface area (Å²) in [6, 6.07) is 7.94. The molecule has 2 aromatic rings. The molecule has 6 nitrogen and oxygen atoms in total. The molecule has 0 radical (unpaired) electrons. The molecule has 1 fully saturated rings. The minimum absolute atomic E-state index is 0.0709. The van der Waals surface area contributed by atoms with Crippen LogP contribution in [-0.4, -0.2) is 41.6 Å². The van der Waals surface area contributed by atoms with Crippen molar-refractivity contribution in [2.75, 3.05) is 24.6 Å². The molecule has 1 N–H and O–H groups in total. The van der Waals surface area contributed by atoms with E-state index >= 15 is 0 Å². The molecule has 1 aliphatic rings. The zero-order chi connectivity index (χ0) is 21.0. The first-order valence-electron chi connectivity index (χ1n) is 9.48. The maximum atomic E-state index is 13.0. The summed E-state index contributed by atoms with van der Waals surface area (Å²) < 4.78 is 44.5. The van der Waals surface area contributed by atoms with Crippen LogP contribution in [0.2, 0.25) is 0 Å². The predicted octanol–water partition coefficient (Wildman–Crippen LogP) is 3.60. The number of carbonyl (C=O) groups excluding carboxylic acids is 1. The van der Waals surface area contributed by atoms with Crippen LogP contribution in [-0.2, 0) is 6.18 Å². The number of alkyl halides is 3. The smallest absolute Gasteiger partial charge is 0.433 e. The van der Waals surface area contributed by atoms with Crippen LogP contribution in [0.3, 0.4) is 0 Å². The van der Waals surface area contributed by atoms with Crippen LogP contribution in [0.1, 0.15) is 41.6 Å². The molecule has 3 rings (SSSR count). The fourth-order valence-corrected chi connectivity index (χ4v) is 3.31. The summed E-state index contributed by atoms with van der Waals surface area (Å²) in [5.74, 6) is 0.653. The second kappa shape index (κ2) is 8.67. The molecule has 1 aromatic carbocycles. The molecule has 29 heavy (non-hydrogen) atoms. The van der Waals surface area contributed by atoms with Gasteiger partial charge in [-0.1, -0.05) is 12.1 Å². The molecule has 0 atom stereocenters. The van der Waals surface area contributed by atoms with Crippen molar-refractivity contribution in [3.05, 3.63) is 47.4 Å². The minimum Gasteiger partial charge on any atom is -0.493 e. The summed E-state index contributed by atoms with van der Waals surface area (Å²) in [5.41, 5.74) is -0.471. The Morgan fingerprint density at radius 2 is 1.93 bits per heavy atom. The Bertz CT molecular complexity index is 865. The zero-order valence-corrected chi connectivity index (χ0v) is 16.3. The van der Waals surface area contributed by atoms with E-state index in [1.165, 1.54) is 6.92 Å². The Morgan fingerprint density at radius 1 is 1.24 bits per heavy atom. The third kappa shape index (κ3) is 5.16. The lowest BCUT2D eigenvalue weighted by atomic mass is 10.0. The molecule has 0 spiro atoms. The number of nitrogens with one attached hydrogen (secondary N) is 1. The van der Waals surface area contributed by atoms with Gasteiger partial charge in [-0.2, -0.15) is 13.2 Å². The number of rotatable bonds is 5. The minimum atomic E-state index is -4.51. The first kappa shape index (κ1) is 20.9. The number of halogens is 3. The largest absolute Gasteiger partial charge is 0.493 e. The third-order valence-corrected chi connectivity index (χ3v) is 4.70. The summed E-state index contributed by atoms with van der Waals surface area (Å²) in [6.45, 7) is 4.74. The standard InChI is InChI=1S/C20H23F3N4O2/c1-3-29-16-7-5-4-6-15(16)19(28)26-14-8-10-27(11-9-14)18-12-17(20(21,22)23)24-13(2)25-18/h4-7,12,14H,3,8-11H2,1-2H3,(H,26,28). The molecular weight excluding hydrogens is 385 g/mol. The fourth-order valence-electron chi connectivity index (χ4n) is 3.31. The van der Waals surface area contributed by atoms with E-state index in [4.69, 9.17) is 4.74 Å². The van der Waals surface area contributed by atoms with E-state index < -0.39 is 11.9 Å². The average molecular weight is 408 g/mol. The number of aromatic nitrogens is 2. The molecule has 9 heteroatoms. The van der Waals surface area contributed by atoms with Crippen LogP contribution < -0.4 is 15.0 Å². The third-order valence-electron chi connectivity index (χ3n) is 4.70. The number of carbonyl (C=O) groups is 1. The number of piperidine rings is 1. The van der Waals surface area contributed by atoms with Crippen molar-refractivity contribution in [2.45, 2.75) is 38.9 Å². The number of ether oxygens (including phenoxy) is 1. The second-order valence-corrected chi connectivity index (χ2v) is 6.82. The van der Waals surface area contributed by atoms with Crippen molar-refractivity contribution in [2.24, 2.45) is 0 Å². The molecule has 1 aliphatic heterocycles. The predicted molar refractivity (Wildman–Crippen MR) is 102 cm³/mol. The summed E-state index contributed by atoms with van der Waals surface area (Å²) in [4.78, 5) is 22.0. The number of nitrogens with zero attached hydrogens (tertiary/aromatic N) is 3. The second-order valence-electron chi connectivity index (χ2n) is 6.82. The highest BCUT2D eigenvalue weighted by Crippen LogP contribution is 2.30. The van der Waals surface area contributed by atoms with Crippen molar-refractivity contribution in [3.63, 3.8) is 0 Å². The highest BCUT2D eigenvalue weighted by atomic mass is 19.4. The van der Waals surface area contributed by atoms with E-state index in [1.807, 2.05) is 6.92 Å². The number of hydrogen-bond acceptors (Lipinski definition) is 5. The van der Waals surface area contributed by atoms with Gasteiger partial charge in [0, 0.05) is 25.2 Å². The lowest BCUT2D eigenvalue weighted by molar-refractivity contribution is -0.141. The first-order valence-corrected chi connectivity index (χ1v) is 9.48. The Balaban J connectivity index is 1.63. The number of aryl methyl sites for hydroxylation is 1. The monoisotopic (exact) mass is 408 g/mol. The normalized spacial score (nSPS) is 15.3. The maximum Gasteiger partial charge on any atom is 0.433 e. The molecule has 0 bridgehead atoms. The zero-order valence-electron chi connectivity index (χ0n) is 16.3. The van der Waals surface area contributed by atoms with Gasteiger partial charge in [0.05, 0.1) is 12.2 Å². The number of benzene rings is 1. The van der Waals surface area contributed by atoms with E-state index in [-0.39, 0.29) is 23.6 Å². The van der Waals surface area contributed by atoms with Crippen molar-refractivity contribution in [1.82, 2.24) is 15.3 Å². The Hall–Kier alpha value is -2.84. The first-order chi connectivity index (χ1) is 13.8. The van der Waals surface area contributed by atoms with Crippen LogP contribution in [0.4, 0.5) is 19.0 Å². The number of anilines is 1. The SMILES string of the molecule is CCOc1ccccc1C(=O)NC1CCN(c2cc(C(F)(F)F)nc(C)n2)CC1. The molecule has 0 aliphatic carbocycles. The van der Waals surface area contributed by atoms with Crippen LogP contribution in [0.5, 0.6) is 5.75 Å². The summed E-state index contributed by atoms with van der Waals surface area (Å²) >= 11 is 0. The lowest BCUT2D eigenvalue weighted by Gasteiger charge is -2.33. The molecule has 0 saturated carbocycles. The van der Waals surface area contributed by atoms with Gasteiger partial charge in [0.1, 0.15) is 23.1 Å². The average Bonchev–Trinajstić information content (AvgIpc) is 2.68. The van der Waals surface area contributed by atoms with E-state index in [0.29, 0.717) is 43.9 Å². The highest BCUT2D eigenvalue weighted by Gasteiger charge is 2.34. The summed E-state index contributed by atoms with van der Waals surface area (Å²) in [6.07, 6.45) is -3.30. The number of hydrogen-bond donors (Lipinski definition) is 1. The van der Waals surface area contributed by atoms with E-state index in [2.05, 4.69) is 15.3 Å². The van der Waals surface area contributed by atoms with E-state index in [9.17, 15) is 18.0 Å². The highest BCUT2D eigenvalue weighted by molar-refractivity contribution is 5.97. The Kier molecular flexibility index (Phi) is 6.24. The fraction of sp³-hybridized carbons (Fsp3) is 0.450. The summed E-state index contributed by atoms with van der Waals surface area (Å²) in [7, 11) is 0. The molecule has 1 amide bonds. The van der Waals surface area contributed by atoms with Gasteiger partial charge in [0.2, 0.25) is 0 Å². The molecule has 1 saturated heterocycles. The Morgan fingerprint density at radius 3 is 2.59 bits per heavy atom. The Labute approximate surface area is 167 Å². The van der Waals surface area contributed by atoms with Crippen LogP contribution in [0, 0.1) is 6.92 Å².